The van der Waals surface area contributed by atoms with Crippen molar-refractivity contribution in [2.45, 2.75) is 52.9 Å². The topological polar surface area (TPSA) is 72.3 Å². The molecule has 166 valence electrons. The summed E-state index contributed by atoms with van der Waals surface area (Å²) in [6.45, 7) is 7.60. The molecule has 1 amide bonds. The summed E-state index contributed by atoms with van der Waals surface area (Å²) in [4.78, 5) is 13.1. The normalized spacial score (nSPS) is 17.6. The first-order chi connectivity index (χ1) is 14.4. The number of nitrogens with two attached hydrogens (primary N) is 2. The fourth-order valence-corrected chi connectivity index (χ4v) is 3.51. The van der Waals surface area contributed by atoms with E-state index in [9.17, 15) is 4.79 Å². The molecule has 1 saturated carbocycles. The lowest BCUT2D eigenvalue weighted by Gasteiger charge is -2.24. The van der Waals surface area contributed by atoms with Crippen LogP contribution in [0.2, 0.25) is 5.02 Å². The van der Waals surface area contributed by atoms with Gasteiger partial charge < -0.3 is 16.4 Å². The van der Waals surface area contributed by atoms with Crippen molar-refractivity contribution in [2.24, 2.45) is 17.6 Å². The lowest BCUT2D eigenvalue weighted by molar-refractivity contribution is -0.116. The summed E-state index contributed by atoms with van der Waals surface area (Å²) in [5.41, 5.74) is 12.8. The number of nitrogens with zero attached hydrogens (tertiary/aromatic N) is 1. The van der Waals surface area contributed by atoms with Crippen LogP contribution < -0.4 is 16.4 Å². The average molecular weight is 432 g/mol. The molecule has 5 heteroatoms. The van der Waals surface area contributed by atoms with Gasteiger partial charge in [0.2, 0.25) is 5.91 Å². The second-order valence-electron chi connectivity index (χ2n) is 7.92. The van der Waals surface area contributed by atoms with E-state index in [0.717, 1.165) is 42.1 Å². The number of carbonyl (C=O) groups is 1. The number of anilines is 2. The van der Waals surface area contributed by atoms with Crippen LogP contribution in [-0.4, -0.2) is 19.0 Å². The Labute approximate surface area is 187 Å². The Morgan fingerprint density at radius 1 is 1.07 bits per heavy atom. The number of hydrogen-bond donors (Lipinski definition) is 2. The summed E-state index contributed by atoms with van der Waals surface area (Å²) in [6, 6.07) is 16.8. The molecule has 0 radical (unpaired) electrons. The quantitative estimate of drug-likeness (QED) is 0.570. The van der Waals surface area contributed by atoms with E-state index >= 15 is 0 Å². The number of halogens is 1. The van der Waals surface area contributed by atoms with Crippen molar-refractivity contribution in [1.82, 2.24) is 0 Å². The maximum absolute atomic E-state index is 11.3. The molecule has 3 rings (SSSR count). The Kier molecular flexibility index (Phi) is 12.9. The Morgan fingerprint density at radius 3 is 2.13 bits per heavy atom. The Balaban J connectivity index is 0.000000241. The van der Waals surface area contributed by atoms with Gasteiger partial charge in [0.1, 0.15) is 0 Å². The average Bonchev–Trinajstić information content (AvgIpc) is 2.74. The predicted octanol–water partition coefficient (Wildman–Crippen LogP) is 6.14. The van der Waals surface area contributed by atoms with E-state index in [2.05, 4.69) is 6.92 Å². The van der Waals surface area contributed by atoms with Crippen molar-refractivity contribution in [3.05, 3.63) is 59.6 Å². The summed E-state index contributed by atoms with van der Waals surface area (Å²) < 4.78 is 0. The van der Waals surface area contributed by atoms with E-state index in [-0.39, 0.29) is 5.91 Å². The molecule has 0 saturated heterocycles. The van der Waals surface area contributed by atoms with Crippen LogP contribution in [-0.2, 0) is 4.79 Å². The third kappa shape index (κ3) is 10.7. The first-order valence-corrected chi connectivity index (χ1v) is 11.3. The molecule has 0 unspecified atom stereocenters. The highest BCUT2D eigenvalue weighted by Gasteiger charge is 2.16. The highest BCUT2D eigenvalue weighted by atomic mass is 35.5. The van der Waals surface area contributed by atoms with Crippen molar-refractivity contribution in [2.75, 3.05) is 23.7 Å². The fraction of sp³-hybridized carbons (Fsp3) is 0.480. The molecule has 0 atom stereocenters. The largest absolute Gasteiger partial charge is 0.399 e. The molecule has 2 aromatic rings. The van der Waals surface area contributed by atoms with Gasteiger partial charge in [-0.1, -0.05) is 62.6 Å². The Hall–Kier alpha value is -2.04. The van der Waals surface area contributed by atoms with E-state index in [1.54, 1.807) is 11.8 Å². The molecular weight excluding hydrogens is 394 g/mol. The molecule has 1 aliphatic carbocycles. The molecule has 0 aliphatic heterocycles. The molecule has 4 nitrogen and oxygen atoms in total. The minimum Gasteiger partial charge on any atom is -0.399 e. The Bertz CT molecular complexity index is 715. The van der Waals surface area contributed by atoms with Gasteiger partial charge in [-0.05, 0) is 68.0 Å². The van der Waals surface area contributed by atoms with Crippen LogP contribution in [0, 0.1) is 11.8 Å². The smallest absolute Gasteiger partial charge is 0.223 e. The van der Waals surface area contributed by atoms with Crippen LogP contribution in [0.4, 0.5) is 11.4 Å². The number of rotatable bonds is 4. The molecule has 0 spiro atoms. The minimum atomic E-state index is 0.0532. The second-order valence-corrected chi connectivity index (χ2v) is 8.36. The van der Waals surface area contributed by atoms with Crippen LogP contribution in [0.25, 0.3) is 0 Å². The molecule has 0 heterocycles. The monoisotopic (exact) mass is 431 g/mol. The van der Waals surface area contributed by atoms with Crippen molar-refractivity contribution < 1.29 is 4.79 Å². The highest BCUT2D eigenvalue weighted by molar-refractivity contribution is 6.30. The summed E-state index contributed by atoms with van der Waals surface area (Å²) in [6.07, 6.45) is 6.49. The maximum atomic E-state index is 11.3. The van der Waals surface area contributed by atoms with Gasteiger partial charge in [-0.25, -0.2) is 0 Å². The molecule has 4 N–H and O–H groups in total. The molecule has 0 bridgehead atoms. The van der Waals surface area contributed by atoms with Crippen LogP contribution in [0.3, 0.4) is 0 Å². The van der Waals surface area contributed by atoms with E-state index in [1.807, 2.05) is 61.5 Å². The third-order valence-electron chi connectivity index (χ3n) is 5.21. The van der Waals surface area contributed by atoms with Gasteiger partial charge in [-0.15, -0.1) is 0 Å². The van der Waals surface area contributed by atoms with Crippen LogP contribution in [0.15, 0.2) is 54.6 Å². The summed E-state index contributed by atoms with van der Waals surface area (Å²) >= 11 is 5.54. The van der Waals surface area contributed by atoms with E-state index in [1.165, 1.54) is 25.7 Å². The second kappa shape index (κ2) is 14.9. The number of amides is 1. The summed E-state index contributed by atoms with van der Waals surface area (Å²) in [7, 11) is 0. The fourth-order valence-electron chi connectivity index (χ4n) is 3.36. The predicted molar refractivity (Wildman–Crippen MR) is 131 cm³/mol. The van der Waals surface area contributed by atoms with Gasteiger partial charge in [0.05, 0.1) is 0 Å². The number of nitrogen functional groups attached to an aromatic ring is 1. The zero-order valence-corrected chi connectivity index (χ0v) is 19.4. The number of hydrogen-bond acceptors (Lipinski definition) is 3. The summed E-state index contributed by atoms with van der Waals surface area (Å²) in [5.74, 6) is 1.87. The van der Waals surface area contributed by atoms with Gasteiger partial charge in [-0.3, -0.25) is 4.79 Å². The molecular formula is C25H38ClN3O. The molecule has 1 fully saturated rings. The van der Waals surface area contributed by atoms with Gasteiger partial charge >= 0.3 is 0 Å². The lowest BCUT2D eigenvalue weighted by atomic mass is 9.83. The standard InChI is InChI=1S/C11H16N2O.C8H17N.C6H5Cl/c1-3-7-13(9(2)14)11-6-4-5-10(12)8-11;1-7-2-4-8(6-9)5-3-7;7-6-4-2-1-3-5-6/h4-6,8H,3,7,12H2,1-2H3;7-8H,2-6,9H2,1H3;1-5H. The third-order valence-corrected chi connectivity index (χ3v) is 5.46. The molecule has 1 aliphatic rings. The Morgan fingerprint density at radius 2 is 1.70 bits per heavy atom. The van der Waals surface area contributed by atoms with Gasteiger partial charge in [0.25, 0.3) is 0 Å². The molecule has 2 aromatic carbocycles. The van der Waals surface area contributed by atoms with E-state index < -0.39 is 0 Å². The molecule has 0 aromatic heterocycles. The van der Waals surface area contributed by atoms with Crippen LogP contribution in [0.5, 0.6) is 0 Å². The summed E-state index contributed by atoms with van der Waals surface area (Å²) in [5, 5.41) is 0.794. The van der Waals surface area contributed by atoms with Crippen LogP contribution >= 0.6 is 11.6 Å². The first-order valence-electron chi connectivity index (χ1n) is 10.9. The number of benzene rings is 2. The zero-order chi connectivity index (χ0) is 22.4. The molecule has 30 heavy (non-hydrogen) atoms. The van der Waals surface area contributed by atoms with E-state index in [4.69, 9.17) is 23.1 Å². The van der Waals surface area contributed by atoms with E-state index in [0.29, 0.717) is 5.69 Å². The minimum absolute atomic E-state index is 0.0532. The lowest BCUT2D eigenvalue weighted by Crippen LogP contribution is -2.29. The van der Waals surface area contributed by atoms with Crippen molar-refractivity contribution in [3.63, 3.8) is 0 Å². The van der Waals surface area contributed by atoms with Gasteiger partial charge in [0, 0.05) is 29.9 Å². The van der Waals surface area contributed by atoms with Crippen molar-refractivity contribution in [3.8, 4) is 0 Å². The maximum Gasteiger partial charge on any atom is 0.223 e. The van der Waals surface area contributed by atoms with Crippen LogP contribution in [0.1, 0.15) is 52.9 Å². The highest BCUT2D eigenvalue weighted by Crippen LogP contribution is 2.27. The SMILES string of the molecule is CC1CCC(CN)CC1.CCCN(C(C)=O)c1cccc(N)c1.Clc1ccccc1. The van der Waals surface area contributed by atoms with Crippen molar-refractivity contribution in [1.29, 1.82) is 0 Å². The number of carbonyl (C=O) groups excluding carboxylic acids is 1. The van der Waals surface area contributed by atoms with Gasteiger partial charge in [-0.2, -0.15) is 0 Å². The first kappa shape index (κ1) is 26.0. The van der Waals surface area contributed by atoms with Crippen molar-refractivity contribution >= 4 is 28.9 Å². The van der Waals surface area contributed by atoms with Gasteiger partial charge in [0.15, 0.2) is 0 Å². The zero-order valence-electron chi connectivity index (χ0n) is 18.7.